The number of ether oxygens (including phenoxy) is 1. The van der Waals surface area contributed by atoms with Crippen LogP contribution in [-0.4, -0.2) is 45.4 Å². The lowest BCUT2D eigenvalue weighted by atomic mass is 9.76. The summed E-state index contributed by atoms with van der Waals surface area (Å²) < 4.78 is 21.3. The monoisotopic (exact) mass is 483 g/mol. The van der Waals surface area contributed by atoms with E-state index in [-0.39, 0.29) is 11.2 Å². The summed E-state index contributed by atoms with van der Waals surface area (Å²) in [7, 11) is 1.17. The smallest absolute Gasteiger partial charge is 0.497 e. The van der Waals surface area contributed by atoms with Gasteiger partial charge in [-0.25, -0.2) is 4.68 Å². The molecule has 1 aliphatic heterocycles. The van der Waals surface area contributed by atoms with E-state index < -0.39 is 7.12 Å². The van der Waals surface area contributed by atoms with Crippen molar-refractivity contribution in [2.45, 2.75) is 57.2 Å². The van der Waals surface area contributed by atoms with Crippen LogP contribution < -0.4 is 15.9 Å². The molecule has 4 aromatic rings. The van der Waals surface area contributed by atoms with E-state index in [2.05, 4.69) is 35.2 Å². The van der Waals surface area contributed by atoms with E-state index in [0.717, 1.165) is 65.3 Å². The third kappa shape index (κ3) is 3.33. The zero-order valence-corrected chi connectivity index (χ0v) is 20.9. The average Bonchev–Trinajstić information content (AvgIpc) is 3.62. The van der Waals surface area contributed by atoms with E-state index in [1.54, 1.807) is 19.5 Å². The summed E-state index contributed by atoms with van der Waals surface area (Å²) in [4.78, 5) is 0. The minimum absolute atomic E-state index is 0.270. The molecule has 2 N–H and O–H groups in total. The highest BCUT2D eigenvalue weighted by Gasteiger charge is 2.63. The molecule has 1 saturated heterocycles. The van der Waals surface area contributed by atoms with Gasteiger partial charge < -0.3 is 19.8 Å². The molecule has 2 fully saturated rings. The number of hydrogen-bond donors (Lipinski definition) is 1. The number of anilines is 1. The maximum atomic E-state index is 6.79. The van der Waals surface area contributed by atoms with Gasteiger partial charge in [-0.05, 0) is 61.9 Å². The quantitative estimate of drug-likeness (QED) is 0.409. The molecule has 6 rings (SSSR count). The lowest BCUT2D eigenvalue weighted by Crippen LogP contribution is -2.46. The van der Waals surface area contributed by atoms with Crippen LogP contribution in [0.3, 0.4) is 0 Å². The maximum Gasteiger partial charge on any atom is 0.498 e. The van der Waals surface area contributed by atoms with Gasteiger partial charge in [0.2, 0.25) is 0 Å². The molecule has 0 spiro atoms. The molecule has 1 aliphatic carbocycles. The summed E-state index contributed by atoms with van der Waals surface area (Å²) >= 11 is 0. The Labute approximate surface area is 210 Å². The molecule has 1 saturated carbocycles. The topological polar surface area (TPSA) is 97.3 Å². The van der Waals surface area contributed by atoms with Crippen molar-refractivity contribution in [1.82, 2.24) is 20.0 Å². The molecule has 9 heteroatoms. The molecule has 8 nitrogen and oxygen atoms in total. The van der Waals surface area contributed by atoms with Gasteiger partial charge in [0, 0.05) is 34.9 Å². The van der Waals surface area contributed by atoms with Crippen LogP contribution >= 0.6 is 0 Å². The van der Waals surface area contributed by atoms with Crippen molar-refractivity contribution >= 4 is 29.2 Å². The highest BCUT2D eigenvalue weighted by molar-refractivity contribution is 6.63. The highest BCUT2D eigenvalue weighted by Crippen LogP contribution is 2.53. The van der Waals surface area contributed by atoms with Crippen LogP contribution in [0.1, 0.15) is 46.0 Å². The first-order valence-electron chi connectivity index (χ1n) is 12.6. The van der Waals surface area contributed by atoms with Gasteiger partial charge in [-0.15, -0.1) is 0 Å². The number of nitrogen functional groups attached to an aromatic ring is 1. The molecular formula is C27H30BN5O3. The molecule has 0 amide bonds. The molecule has 0 unspecified atom stereocenters. The summed E-state index contributed by atoms with van der Waals surface area (Å²) in [5, 5.41) is 13.7. The maximum absolute atomic E-state index is 6.79. The number of nitrogens with two attached hydrogens (primary N) is 1. The fraction of sp³-hybridized carbons (Fsp3) is 0.370. The van der Waals surface area contributed by atoms with Crippen molar-refractivity contribution in [3.05, 3.63) is 55.0 Å². The lowest BCUT2D eigenvalue weighted by Gasteiger charge is -2.37. The number of hydrogen-bond acceptors (Lipinski definition) is 7. The molecule has 2 aromatic carbocycles. The van der Waals surface area contributed by atoms with Crippen LogP contribution in [-0.2, 0) is 9.31 Å². The first-order chi connectivity index (χ1) is 17.5. The van der Waals surface area contributed by atoms with Crippen LogP contribution in [0.25, 0.3) is 27.7 Å². The number of benzene rings is 2. The van der Waals surface area contributed by atoms with Crippen LogP contribution in [0.5, 0.6) is 5.75 Å². The fourth-order valence-electron chi connectivity index (χ4n) is 6.20. The van der Waals surface area contributed by atoms with E-state index in [0.29, 0.717) is 11.4 Å². The highest BCUT2D eigenvalue weighted by atomic mass is 16.7. The third-order valence-electron chi connectivity index (χ3n) is 8.13. The summed E-state index contributed by atoms with van der Waals surface area (Å²) in [6.45, 7) is 4.40. The zero-order chi connectivity index (χ0) is 24.9. The molecule has 2 aliphatic rings. The summed E-state index contributed by atoms with van der Waals surface area (Å²) in [5.41, 5.74) is 10.6. The van der Waals surface area contributed by atoms with Crippen molar-refractivity contribution in [2.24, 2.45) is 0 Å². The van der Waals surface area contributed by atoms with Gasteiger partial charge in [0.15, 0.2) is 0 Å². The Kier molecular flexibility index (Phi) is 5.50. The van der Waals surface area contributed by atoms with Crippen molar-refractivity contribution in [3.63, 3.8) is 0 Å². The van der Waals surface area contributed by atoms with Crippen molar-refractivity contribution < 1.29 is 14.0 Å². The number of nitrogens with zero attached hydrogens (tertiary/aromatic N) is 4. The standard InChI is InChI=1S/C27H30BN5O3/c1-4-26-10-6-11-27(26,5-2)36-28(35-26)21-15-20(24(16-25(21)34-3)33-13-7-12-31-33)18-8-9-19-22(29)17-30-32-23(19)14-18/h7-9,12-17H,4-6,10-11H2,1-3H3,(H2,29,32)/t26-,27+. The summed E-state index contributed by atoms with van der Waals surface area (Å²) in [6, 6.07) is 12.0. The molecule has 0 radical (unpaired) electrons. The normalized spacial score (nSPS) is 23.4. The van der Waals surface area contributed by atoms with E-state index >= 15 is 0 Å². The third-order valence-corrected chi connectivity index (χ3v) is 8.13. The van der Waals surface area contributed by atoms with Gasteiger partial charge in [0.25, 0.3) is 0 Å². The van der Waals surface area contributed by atoms with E-state index in [1.807, 2.05) is 41.2 Å². The predicted octanol–water partition coefficient (Wildman–Crippen LogP) is 4.30. The molecular weight excluding hydrogens is 453 g/mol. The Bertz CT molecular complexity index is 1410. The van der Waals surface area contributed by atoms with E-state index in [9.17, 15) is 0 Å². The Morgan fingerprint density at radius 3 is 2.56 bits per heavy atom. The van der Waals surface area contributed by atoms with Gasteiger partial charge in [-0.1, -0.05) is 19.9 Å². The van der Waals surface area contributed by atoms with Crippen LogP contribution in [0.15, 0.2) is 55.0 Å². The van der Waals surface area contributed by atoms with E-state index in [4.69, 9.17) is 19.8 Å². The zero-order valence-electron chi connectivity index (χ0n) is 20.9. The van der Waals surface area contributed by atoms with Gasteiger partial charge in [0.05, 0.1) is 41.4 Å². The SMILES string of the molecule is CC[C@@]12CCC[C@]1(CC)OB(c1cc(-c3ccc4c(N)cnnc4c3)c(-n3cccn3)cc1OC)O2. The average molecular weight is 483 g/mol. The Morgan fingerprint density at radius 1 is 1.11 bits per heavy atom. The number of rotatable bonds is 6. The van der Waals surface area contributed by atoms with Crippen LogP contribution in [0.2, 0.25) is 0 Å². The Morgan fingerprint density at radius 2 is 1.89 bits per heavy atom. The van der Waals surface area contributed by atoms with Gasteiger partial charge in [-0.2, -0.15) is 15.3 Å². The van der Waals surface area contributed by atoms with E-state index in [1.165, 1.54) is 0 Å². The van der Waals surface area contributed by atoms with Gasteiger partial charge >= 0.3 is 7.12 Å². The number of aromatic nitrogens is 4. The minimum atomic E-state index is -0.513. The predicted molar refractivity (Wildman–Crippen MR) is 141 cm³/mol. The number of fused-ring (bicyclic) bond motifs is 2. The van der Waals surface area contributed by atoms with Gasteiger partial charge in [-0.3, -0.25) is 0 Å². The molecule has 3 heterocycles. The second-order valence-electron chi connectivity index (χ2n) is 9.71. The second-order valence-corrected chi connectivity index (χ2v) is 9.71. The first kappa shape index (κ1) is 23.0. The van der Waals surface area contributed by atoms with Crippen molar-refractivity contribution in [1.29, 1.82) is 0 Å². The summed E-state index contributed by atoms with van der Waals surface area (Å²) in [5.74, 6) is 0.705. The molecule has 0 bridgehead atoms. The second kappa shape index (κ2) is 8.60. The minimum Gasteiger partial charge on any atom is -0.497 e. The van der Waals surface area contributed by atoms with Crippen LogP contribution in [0, 0.1) is 0 Å². The van der Waals surface area contributed by atoms with Gasteiger partial charge in [0.1, 0.15) is 5.75 Å². The lowest BCUT2D eigenvalue weighted by molar-refractivity contribution is -0.0281. The Balaban J connectivity index is 1.53. The summed E-state index contributed by atoms with van der Waals surface area (Å²) in [6.07, 6.45) is 10.2. The largest absolute Gasteiger partial charge is 0.498 e. The number of methoxy groups -OCH3 is 1. The molecule has 184 valence electrons. The van der Waals surface area contributed by atoms with Crippen LogP contribution in [0.4, 0.5) is 5.69 Å². The Hall–Kier alpha value is -3.43. The molecule has 36 heavy (non-hydrogen) atoms. The molecule has 2 atom stereocenters. The van der Waals surface area contributed by atoms with Crippen molar-refractivity contribution in [3.8, 4) is 22.6 Å². The van der Waals surface area contributed by atoms with Crippen molar-refractivity contribution in [2.75, 3.05) is 12.8 Å². The fourth-order valence-corrected chi connectivity index (χ4v) is 6.20. The first-order valence-corrected chi connectivity index (χ1v) is 12.6. The molecule has 2 aromatic heterocycles.